The number of carbonyl (C=O) groups is 1. The Balaban J connectivity index is 3.17. The van der Waals surface area contributed by atoms with Crippen LogP contribution in [0, 0.1) is 11.6 Å². The van der Waals surface area contributed by atoms with Gasteiger partial charge in [0.15, 0.2) is 11.6 Å². The number of hydrogen-bond donors (Lipinski definition) is 2. The number of aromatic carboxylic acids is 1. The third-order valence-electron chi connectivity index (χ3n) is 2.21. The van der Waals surface area contributed by atoms with Crippen LogP contribution >= 0.6 is 0 Å². The molecule has 0 aliphatic heterocycles. The van der Waals surface area contributed by atoms with Gasteiger partial charge in [0.05, 0.1) is 5.56 Å². The molecule has 6 nitrogen and oxygen atoms in total. The van der Waals surface area contributed by atoms with Gasteiger partial charge in [-0.1, -0.05) is 0 Å². The molecule has 0 saturated heterocycles. The zero-order valence-electron chi connectivity index (χ0n) is 10.2. The number of halogens is 2. The van der Waals surface area contributed by atoms with E-state index < -0.39 is 48.9 Å². The van der Waals surface area contributed by atoms with Crippen LogP contribution in [0.1, 0.15) is 10.4 Å². The van der Waals surface area contributed by atoms with Gasteiger partial charge in [-0.2, -0.15) is 0 Å². The largest absolute Gasteiger partial charge is 0.478 e. The Bertz CT molecular complexity index is 660. The fraction of sp³-hybridized carbons (Fsp3) is 0.300. The van der Waals surface area contributed by atoms with Gasteiger partial charge in [-0.25, -0.2) is 26.7 Å². The Morgan fingerprint density at radius 1 is 1.40 bits per heavy atom. The molecule has 0 fully saturated rings. The molecule has 1 aromatic rings. The summed E-state index contributed by atoms with van der Waals surface area (Å²) in [5.74, 6) is -4.85. The maximum atomic E-state index is 13.5. The second kappa shape index (κ2) is 6.37. The lowest BCUT2D eigenvalue weighted by Crippen LogP contribution is -2.29. The van der Waals surface area contributed by atoms with Crippen LogP contribution in [0.2, 0.25) is 0 Å². The van der Waals surface area contributed by atoms with Gasteiger partial charge in [0.1, 0.15) is 4.90 Å². The van der Waals surface area contributed by atoms with Gasteiger partial charge in [-0.3, -0.25) is 4.21 Å². The predicted molar refractivity (Wildman–Crippen MR) is 67.4 cm³/mol. The molecule has 0 saturated carbocycles. The molecule has 0 radical (unpaired) electrons. The highest BCUT2D eigenvalue weighted by Gasteiger charge is 2.24. The van der Waals surface area contributed by atoms with Crippen molar-refractivity contribution in [2.24, 2.45) is 0 Å². The highest BCUT2D eigenvalue weighted by molar-refractivity contribution is 7.89. The van der Waals surface area contributed by atoms with E-state index in [4.69, 9.17) is 5.11 Å². The third kappa shape index (κ3) is 4.05. The van der Waals surface area contributed by atoms with E-state index in [0.29, 0.717) is 12.1 Å². The lowest BCUT2D eigenvalue weighted by atomic mass is 10.2. The van der Waals surface area contributed by atoms with E-state index >= 15 is 0 Å². The number of benzene rings is 1. The Labute approximate surface area is 116 Å². The molecule has 1 aromatic carbocycles. The van der Waals surface area contributed by atoms with E-state index in [1.54, 1.807) is 0 Å². The normalized spacial score (nSPS) is 13.2. The van der Waals surface area contributed by atoms with Crippen LogP contribution in [0.4, 0.5) is 8.78 Å². The summed E-state index contributed by atoms with van der Waals surface area (Å²) in [4.78, 5) is 9.60. The molecule has 0 spiro atoms. The third-order valence-corrected chi connectivity index (χ3v) is 4.45. The summed E-state index contributed by atoms with van der Waals surface area (Å²) in [6.07, 6.45) is 1.35. The average Bonchev–Trinajstić information content (AvgIpc) is 2.31. The van der Waals surface area contributed by atoms with Crippen molar-refractivity contribution >= 4 is 26.8 Å². The predicted octanol–water partition coefficient (Wildman–Crippen LogP) is 0.320. The molecule has 0 aliphatic carbocycles. The van der Waals surface area contributed by atoms with Gasteiger partial charge in [-0.05, 0) is 12.1 Å². The molecule has 1 atom stereocenters. The van der Waals surface area contributed by atoms with Crippen molar-refractivity contribution in [2.75, 3.05) is 18.6 Å². The van der Waals surface area contributed by atoms with E-state index in [9.17, 15) is 26.2 Å². The molecule has 0 bridgehead atoms. The fourth-order valence-corrected chi connectivity index (χ4v) is 2.94. The molecular weight excluding hydrogens is 316 g/mol. The van der Waals surface area contributed by atoms with Crippen molar-refractivity contribution in [3.63, 3.8) is 0 Å². The fourth-order valence-electron chi connectivity index (χ4n) is 1.28. The van der Waals surface area contributed by atoms with Gasteiger partial charge in [-0.15, -0.1) is 0 Å². The lowest BCUT2D eigenvalue weighted by molar-refractivity contribution is 0.0696. The maximum Gasteiger partial charge on any atom is 0.335 e. The summed E-state index contributed by atoms with van der Waals surface area (Å²) >= 11 is 0. The molecular formula is C10H11F2NO5S2. The smallest absolute Gasteiger partial charge is 0.335 e. The van der Waals surface area contributed by atoms with E-state index in [1.165, 1.54) is 6.26 Å². The summed E-state index contributed by atoms with van der Waals surface area (Å²) in [6, 6.07) is 0.907. The van der Waals surface area contributed by atoms with Gasteiger partial charge < -0.3 is 5.11 Å². The molecule has 20 heavy (non-hydrogen) atoms. The minimum atomic E-state index is -4.43. The number of nitrogens with one attached hydrogen (secondary N) is 1. The molecule has 2 N–H and O–H groups in total. The van der Waals surface area contributed by atoms with Gasteiger partial charge in [0, 0.05) is 29.4 Å². The second-order valence-corrected chi connectivity index (χ2v) is 7.04. The number of carboxylic acid groups (broad SMARTS) is 1. The Hall–Kier alpha value is -1.39. The highest BCUT2D eigenvalue weighted by atomic mass is 32.2. The number of carboxylic acids is 1. The summed E-state index contributed by atoms with van der Waals surface area (Å²) in [5, 5.41) is 8.69. The SMILES string of the molecule is CS(=O)CCNS(=O)(=O)c1cc(C(=O)O)cc(F)c1F. The number of rotatable bonds is 6. The van der Waals surface area contributed by atoms with Crippen LogP contribution in [0.5, 0.6) is 0 Å². The lowest BCUT2D eigenvalue weighted by Gasteiger charge is -2.08. The van der Waals surface area contributed by atoms with E-state index in [0.717, 1.165) is 0 Å². The molecule has 0 aliphatic rings. The molecule has 0 aromatic heterocycles. The van der Waals surface area contributed by atoms with Gasteiger partial charge in [0.25, 0.3) is 0 Å². The summed E-state index contributed by atoms with van der Waals surface area (Å²) < 4.78 is 62.9. The quantitative estimate of drug-likeness (QED) is 0.784. The van der Waals surface area contributed by atoms with Gasteiger partial charge >= 0.3 is 5.97 Å². The summed E-state index contributed by atoms with van der Waals surface area (Å²) in [6.45, 7) is -0.246. The van der Waals surface area contributed by atoms with Crippen LogP contribution in [0.15, 0.2) is 17.0 Å². The monoisotopic (exact) mass is 327 g/mol. The topological polar surface area (TPSA) is 101 Å². The molecule has 0 heterocycles. The van der Waals surface area contributed by atoms with E-state index in [2.05, 4.69) is 0 Å². The first kappa shape index (κ1) is 16.7. The van der Waals surface area contributed by atoms with Crippen LogP contribution in [0.25, 0.3) is 0 Å². The molecule has 112 valence electrons. The minimum absolute atomic E-state index is 0.0120. The Morgan fingerprint density at radius 3 is 2.50 bits per heavy atom. The first-order valence-electron chi connectivity index (χ1n) is 5.17. The van der Waals surface area contributed by atoms with Crippen molar-refractivity contribution in [1.29, 1.82) is 0 Å². The highest BCUT2D eigenvalue weighted by Crippen LogP contribution is 2.19. The number of sulfonamides is 1. The van der Waals surface area contributed by atoms with Gasteiger partial charge in [0.2, 0.25) is 10.0 Å². The minimum Gasteiger partial charge on any atom is -0.478 e. The molecule has 1 unspecified atom stereocenters. The number of hydrogen-bond acceptors (Lipinski definition) is 4. The first-order valence-corrected chi connectivity index (χ1v) is 8.38. The first-order chi connectivity index (χ1) is 9.15. The molecule has 10 heteroatoms. The van der Waals surface area contributed by atoms with Crippen LogP contribution in [-0.4, -0.2) is 42.3 Å². The standard InChI is InChI=1S/C10H11F2NO5S2/c1-19(16)3-2-13-20(17,18)8-5-6(10(14)15)4-7(11)9(8)12/h4-5,13H,2-3H2,1H3,(H,14,15). The van der Waals surface area contributed by atoms with Crippen molar-refractivity contribution in [1.82, 2.24) is 4.72 Å². The Morgan fingerprint density at radius 2 is 2.00 bits per heavy atom. The van der Waals surface area contributed by atoms with Crippen molar-refractivity contribution in [3.8, 4) is 0 Å². The maximum absolute atomic E-state index is 13.5. The van der Waals surface area contributed by atoms with Crippen molar-refractivity contribution < 1.29 is 31.3 Å². The molecule has 0 amide bonds. The van der Waals surface area contributed by atoms with E-state index in [1.807, 2.05) is 4.72 Å². The molecule has 1 rings (SSSR count). The second-order valence-electron chi connectivity index (χ2n) is 3.75. The zero-order valence-corrected chi connectivity index (χ0v) is 11.9. The summed E-state index contributed by atoms with van der Waals surface area (Å²) in [5.41, 5.74) is -0.691. The van der Waals surface area contributed by atoms with Crippen LogP contribution in [0.3, 0.4) is 0 Å². The zero-order chi connectivity index (χ0) is 15.5. The Kier molecular flexibility index (Phi) is 5.31. The van der Waals surface area contributed by atoms with Crippen molar-refractivity contribution in [3.05, 3.63) is 29.3 Å². The van der Waals surface area contributed by atoms with Crippen LogP contribution in [-0.2, 0) is 20.8 Å². The summed E-state index contributed by atoms with van der Waals surface area (Å²) in [7, 11) is -5.69. The van der Waals surface area contributed by atoms with Crippen LogP contribution < -0.4 is 4.72 Å². The van der Waals surface area contributed by atoms with E-state index in [-0.39, 0.29) is 12.3 Å². The average molecular weight is 327 g/mol. The van der Waals surface area contributed by atoms with Crippen molar-refractivity contribution in [2.45, 2.75) is 4.90 Å².